The Balaban J connectivity index is 2.53. The van der Waals surface area contributed by atoms with Crippen LogP contribution in [0.3, 0.4) is 0 Å². The van der Waals surface area contributed by atoms with Gasteiger partial charge in [0.25, 0.3) is 5.56 Å². The number of nitrogens with one attached hydrogen (secondary N) is 1. The predicted octanol–water partition coefficient (Wildman–Crippen LogP) is 2.95. The molecule has 0 aliphatic heterocycles. The molecular formula is C15H27BrN4O. The standard InChI is InChI=1S/C15H27BrN4O/c1-4-7-11-20-15(21)14(16)13(12-18-20)17-9-8-10-19(5-2)6-3/h12,17H,4-11H2,1-3H3. The molecule has 1 N–H and O–H groups in total. The smallest absolute Gasteiger partial charge is 0.283 e. The molecule has 1 rings (SSSR count). The first-order valence-corrected chi connectivity index (χ1v) is 8.65. The van der Waals surface area contributed by atoms with Gasteiger partial charge in [0.2, 0.25) is 0 Å². The van der Waals surface area contributed by atoms with Crippen molar-refractivity contribution in [3.05, 3.63) is 21.0 Å². The van der Waals surface area contributed by atoms with Crippen molar-refractivity contribution in [1.82, 2.24) is 14.7 Å². The molecule has 0 saturated heterocycles. The summed E-state index contributed by atoms with van der Waals surface area (Å²) in [6, 6.07) is 0. The van der Waals surface area contributed by atoms with Crippen molar-refractivity contribution in [2.45, 2.75) is 46.6 Å². The fourth-order valence-electron chi connectivity index (χ4n) is 2.12. The summed E-state index contributed by atoms with van der Waals surface area (Å²) in [5.41, 5.74) is 0.726. The molecule has 21 heavy (non-hydrogen) atoms. The van der Waals surface area contributed by atoms with Crippen LogP contribution < -0.4 is 10.9 Å². The average Bonchev–Trinajstić information content (AvgIpc) is 2.50. The van der Waals surface area contributed by atoms with E-state index in [1.807, 2.05) is 0 Å². The molecule has 0 unspecified atom stereocenters. The first kappa shape index (κ1) is 18.2. The van der Waals surface area contributed by atoms with Crippen molar-refractivity contribution >= 4 is 21.6 Å². The zero-order valence-electron chi connectivity index (χ0n) is 13.4. The fourth-order valence-corrected chi connectivity index (χ4v) is 2.57. The van der Waals surface area contributed by atoms with E-state index in [4.69, 9.17) is 0 Å². The second kappa shape index (κ2) is 9.95. The Morgan fingerprint density at radius 3 is 2.62 bits per heavy atom. The zero-order chi connectivity index (χ0) is 15.7. The number of aryl methyl sites for hydroxylation is 1. The Kier molecular flexibility index (Phi) is 8.61. The summed E-state index contributed by atoms with van der Waals surface area (Å²) in [4.78, 5) is 14.5. The van der Waals surface area contributed by atoms with Gasteiger partial charge in [-0.1, -0.05) is 27.2 Å². The van der Waals surface area contributed by atoms with Gasteiger partial charge in [-0.05, 0) is 48.4 Å². The molecule has 0 bridgehead atoms. The van der Waals surface area contributed by atoms with E-state index in [0.717, 1.165) is 51.1 Å². The molecule has 0 aliphatic carbocycles. The minimum absolute atomic E-state index is 0.0582. The lowest BCUT2D eigenvalue weighted by Gasteiger charge is -2.18. The number of rotatable bonds is 10. The van der Waals surface area contributed by atoms with Gasteiger partial charge in [-0.15, -0.1) is 0 Å². The first-order valence-electron chi connectivity index (χ1n) is 7.85. The van der Waals surface area contributed by atoms with Gasteiger partial charge in [-0.3, -0.25) is 4.79 Å². The predicted molar refractivity (Wildman–Crippen MR) is 92.0 cm³/mol. The number of anilines is 1. The van der Waals surface area contributed by atoms with Gasteiger partial charge in [0, 0.05) is 13.1 Å². The topological polar surface area (TPSA) is 50.2 Å². The highest BCUT2D eigenvalue weighted by atomic mass is 79.9. The van der Waals surface area contributed by atoms with Crippen LogP contribution in [0.15, 0.2) is 15.5 Å². The number of hydrogen-bond donors (Lipinski definition) is 1. The quantitative estimate of drug-likeness (QED) is 0.653. The molecule has 6 heteroatoms. The Bertz CT molecular complexity index is 471. The fraction of sp³-hybridized carbons (Fsp3) is 0.733. The summed E-state index contributed by atoms with van der Waals surface area (Å²) in [6.45, 7) is 11.2. The van der Waals surface area contributed by atoms with E-state index in [-0.39, 0.29) is 5.56 Å². The Morgan fingerprint density at radius 2 is 2.00 bits per heavy atom. The minimum atomic E-state index is -0.0582. The summed E-state index contributed by atoms with van der Waals surface area (Å²) in [5, 5.41) is 7.52. The Hall–Kier alpha value is -0.880. The zero-order valence-corrected chi connectivity index (χ0v) is 14.9. The third kappa shape index (κ3) is 5.79. The van der Waals surface area contributed by atoms with Crippen molar-refractivity contribution < 1.29 is 0 Å². The van der Waals surface area contributed by atoms with Crippen LogP contribution in [0.2, 0.25) is 0 Å². The van der Waals surface area contributed by atoms with Crippen LogP contribution in [-0.4, -0.2) is 40.9 Å². The number of halogens is 1. The van der Waals surface area contributed by atoms with Crippen molar-refractivity contribution in [3.8, 4) is 0 Å². The molecule has 0 fully saturated rings. The number of nitrogens with zero attached hydrogens (tertiary/aromatic N) is 3. The molecule has 0 radical (unpaired) electrons. The van der Waals surface area contributed by atoms with Gasteiger partial charge in [-0.25, -0.2) is 4.68 Å². The molecule has 5 nitrogen and oxygen atoms in total. The second-order valence-corrected chi connectivity index (χ2v) is 5.85. The second-order valence-electron chi connectivity index (χ2n) is 5.06. The maximum atomic E-state index is 12.1. The molecule has 0 atom stereocenters. The van der Waals surface area contributed by atoms with Crippen LogP contribution in [0.5, 0.6) is 0 Å². The van der Waals surface area contributed by atoms with E-state index in [1.54, 1.807) is 6.20 Å². The third-order valence-electron chi connectivity index (χ3n) is 3.57. The van der Waals surface area contributed by atoms with E-state index in [0.29, 0.717) is 11.0 Å². The lowest BCUT2D eigenvalue weighted by Crippen LogP contribution is -2.26. The van der Waals surface area contributed by atoms with E-state index < -0.39 is 0 Å². The highest BCUT2D eigenvalue weighted by molar-refractivity contribution is 9.10. The average molecular weight is 359 g/mol. The number of hydrogen-bond acceptors (Lipinski definition) is 4. The minimum Gasteiger partial charge on any atom is -0.383 e. The van der Waals surface area contributed by atoms with Gasteiger partial charge < -0.3 is 10.2 Å². The summed E-state index contributed by atoms with van der Waals surface area (Å²) in [6.07, 6.45) is 4.80. The SMILES string of the molecule is CCCCn1ncc(NCCCN(CC)CC)c(Br)c1=O. The molecule has 0 amide bonds. The van der Waals surface area contributed by atoms with Crippen molar-refractivity contribution in [2.75, 3.05) is 31.5 Å². The van der Waals surface area contributed by atoms with Gasteiger partial charge in [-0.2, -0.15) is 5.10 Å². The van der Waals surface area contributed by atoms with Gasteiger partial charge in [0.05, 0.1) is 11.9 Å². The summed E-state index contributed by atoms with van der Waals surface area (Å²) in [5.74, 6) is 0. The monoisotopic (exact) mass is 358 g/mol. The van der Waals surface area contributed by atoms with Crippen LogP contribution in [0, 0.1) is 0 Å². The largest absolute Gasteiger partial charge is 0.383 e. The van der Waals surface area contributed by atoms with Crippen molar-refractivity contribution in [1.29, 1.82) is 0 Å². The van der Waals surface area contributed by atoms with Crippen molar-refractivity contribution in [2.24, 2.45) is 0 Å². The lowest BCUT2D eigenvalue weighted by atomic mass is 10.3. The highest BCUT2D eigenvalue weighted by Crippen LogP contribution is 2.16. The molecule has 1 heterocycles. The first-order chi connectivity index (χ1) is 10.1. The van der Waals surface area contributed by atoms with Crippen LogP contribution in [0.1, 0.15) is 40.0 Å². The number of aromatic nitrogens is 2. The molecule has 0 aliphatic rings. The van der Waals surface area contributed by atoms with E-state index >= 15 is 0 Å². The Morgan fingerprint density at radius 1 is 1.29 bits per heavy atom. The van der Waals surface area contributed by atoms with E-state index in [2.05, 4.69) is 52.0 Å². The molecule has 0 aromatic carbocycles. The molecule has 120 valence electrons. The molecule has 0 saturated carbocycles. The van der Waals surface area contributed by atoms with E-state index in [1.165, 1.54) is 4.68 Å². The van der Waals surface area contributed by atoms with Gasteiger partial charge in [0.1, 0.15) is 4.47 Å². The molecule has 1 aromatic heterocycles. The van der Waals surface area contributed by atoms with Crippen LogP contribution in [-0.2, 0) is 6.54 Å². The molecule has 0 spiro atoms. The molecular weight excluding hydrogens is 332 g/mol. The summed E-state index contributed by atoms with van der Waals surface area (Å²) in [7, 11) is 0. The maximum Gasteiger partial charge on any atom is 0.283 e. The Labute approximate surface area is 135 Å². The lowest BCUT2D eigenvalue weighted by molar-refractivity contribution is 0.303. The summed E-state index contributed by atoms with van der Waals surface area (Å²) < 4.78 is 2.10. The van der Waals surface area contributed by atoms with Gasteiger partial charge in [0.15, 0.2) is 0 Å². The van der Waals surface area contributed by atoms with Crippen LogP contribution in [0.25, 0.3) is 0 Å². The van der Waals surface area contributed by atoms with Crippen LogP contribution in [0.4, 0.5) is 5.69 Å². The van der Waals surface area contributed by atoms with Crippen LogP contribution >= 0.6 is 15.9 Å². The molecule has 1 aromatic rings. The van der Waals surface area contributed by atoms with E-state index in [9.17, 15) is 4.79 Å². The summed E-state index contributed by atoms with van der Waals surface area (Å²) >= 11 is 3.39. The maximum absolute atomic E-state index is 12.1. The normalized spacial score (nSPS) is 11.1. The van der Waals surface area contributed by atoms with Crippen molar-refractivity contribution in [3.63, 3.8) is 0 Å². The number of unbranched alkanes of at least 4 members (excludes halogenated alkanes) is 1. The third-order valence-corrected chi connectivity index (χ3v) is 4.34. The highest BCUT2D eigenvalue weighted by Gasteiger charge is 2.08. The van der Waals surface area contributed by atoms with Gasteiger partial charge >= 0.3 is 0 Å².